The first-order valence-electron chi connectivity index (χ1n) is 6.81. The van der Waals surface area contributed by atoms with Crippen molar-refractivity contribution in [1.29, 1.82) is 0 Å². The molecule has 22 heavy (non-hydrogen) atoms. The van der Waals surface area contributed by atoms with E-state index in [0.29, 0.717) is 5.56 Å². The third-order valence-electron chi connectivity index (χ3n) is 2.84. The fourth-order valence-corrected chi connectivity index (χ4v) is 1.74. The molecule has 1 amide bonds. The third kappa shape index (κ3) is 5.17. The monoisotopic (exact) mass is 308 g/mol. The molecule has 0 aliphatic heterocycles. The second-order valence-corrected chi connectivity index (χ2v) is 5.07. The average molecular weight is 308 g/mol. The number of hydroxylamine groups is 1. The molecule has 0 heterocycles. The van der Waals surface area contributed by atoms with Crippen LogP contribution in [-0.4, -0.2) is 17.8 Å². The maximum absolute atomic E-state index is 12.1. The van der Waals surface area contributed by atoms with Crippen LogP contribution in [0.4, 0.5) is 0 Å². The summed E-state index contributed by atoms with van der Waals surface area (Å²) in [7, 11) is 0. The number of ether oxygens (including phenoxy) is 1. The predicted octanol–water partition coefficient (Wildman–Crippen LogP) is 1.05. The molecule has 0 aliphatic carbocycles. The SMILES string of the molecule is CC(=O)NOC(=O)C(C(=O)OC(N)c1ccccc1)C(C)C. The van der Waals surface area contributed by atoms with E-state index in [1.807, 2.05) is 5.48 Å². The van der Waals surface area contributed by atoms with Crippen molar-refractivity contribution < 1.29 is 24.0 Å². The van der Waals surface area contributed by atoms with Gasteiger partial charge in [0.15, 0.2) is 12.1 Å². The number of hydrogen-bond donors (Lipinski definition) is 2. The van der Waals surface area contributed by atoms with Crippen molar-refractivity contribution in [2.24, 2.45) is 17.6 Å². The van der Waals surface area contributed by atoms with E-state index in [1.54, 1.807) is 44.2 Å². The highest BCUT2D eigenvalue weighted by atomic mass is 16.7. The number of esters is 1. The second-order valence-electron chi connectivity index (χ2n) is 5.07. The summed E-state index contributed by atoms with van der Waals surface area (Å²) in [6.07, 6.45) is -0.983. The lowest BCUT2D eigenvalue weighted by atomic mass is 9.96. The van der Waals surface area contributed by atoms with Crippen molar-refractivity contribution >= 4 is 17.8 Å². The van der Waals surface area contributed by atoms with Gasteiger partial charge < -0.3 is 9.57 Å². The molecule has 7 nitrogen and oxygen atoms in total. The summed E-state index contributed by atoms with van der Waals surface area (Å²) < 4.78 is 5.11. The number of carbonyl (C=O) groups excluding carboxylic acids is 3. The van der Waals surface area contributed by atoms with Gasteiger partial charge in [0.1, 0.15) is 0 Å². The molecular weight excluding hydrogens is 288 g/mol. The molecule has 0 bridgehead atoms. The van der Waals surface area contributed by atoms with Crippen LogP contribution in [0.2, 0.25) is 0 Å². The molecule has 120 valence electrons. The van der Waals surface area contributed by atoms with Gasteiger partial charge in [-0.1, -0.05) is 44.2 Å². The Hall–Kier alpha value is -2.41. The quantitative estimate of drug-likeness (QED) is 0.364. The van der Waals surface area contributed by atoms with E-state index >= 15 is 0 Å². The largest absolute Gasteiger partial charge is 0.442 e. The highest BCUT2D eigenvalue weighted by molar-refractivity contribution is 5.95. The van der Waals surface area contributed by atoms with Crippen LogP contribution in [0.3, 0.4) is 0 Å². The van der Waals surface area contributed by atoms with Crippen LogP contribution in [0, 0.1) is 11.8 Å². The van der Waals surface area contributed by atoms with Crippen LogP contribution in [0.25, 0.3) is 0 Å². The zero-order valence-corrected chi connectivity index (χ0v) is 12.7. The Morgan fingerprint density at radius 1 is 1.09 bits per heavy atom. The first-order valence-corrected chi connectivity index (χ1v) is 6.81. The molecule has 1 aromatic carbocycles. The maximum atomic E-state index is 12.1. The summed E-state index contributed by atoms with van der Waals surface area (Å²) in [6.45, 7) is 4.51. The summed E-state index contributed by atoms with van der Waals surface area (Å²) in [6, 6.07) is 8.73. The van der Waals surface area contributed by atoms with Crippen molar-refractivity contribution in [3.8, 4) is 0 Å². The van der Waals surface area contributed by atoms with Crippen molar-refractivity contribution in [1.82, 2.24) is 5.48 Å². The second kappa shape index (κ2) is 8.14. The Kier molecular flexibility index (Phi) is 6.52. The maximum Gasteiger partial charge on any atom is 0.346 e. The zero-order chi connectivity index (χ0) is 16.7. The molecule has 0 radical (unpaired) electrons. The van der Waals surface area contributed by atoms with Crippen LogP contribution < -0.4 is 11.2 Å². The van der Waals surface area contributed by atoms with Crippen LogP contribution in [-0.2, 0) is 24.0 Å². The van der Waals surface area contributed by atoms with E-state index in [-0.39, 0.29) is 5.92 Å². The number of nitrogens with one attached hydrogen (secondary N) is 1. The van der Waals surface area contributed by atoms with Crippen LogP contribution in [0.5, 0.6) is 0 Å². The van der Waals surface area contributed by atoms with Crippen molar-refractivity contribution in [3.63, 3.8) is 0 Å². The van der Waals surface area contributed by atoms with Crippen molar-refractivity contribution in [2.75, 3.05) is 0 Å². The molecule has 0 fully saturated rings. The first-order chi connectivity index (χ1) is 10.3. The van der Waals surface area contributed by atoms with E-state index in [1.165, 1.54) is 6.92 Å². The average Bonchev–Trinajstić information content (AvgIpc) is 2.45. The number of rotatable bonds is 5. The molecule has 0 spiro atoms. The van der Waals surface area contributed by atoms with Crippen LogP contribution in [0.15, 0.2) is 30.3 Å². The molecule has 0 saturated carbocycles. The summed E-state index contributed by atoms with van der Waals surface area (Å²) in [5, 5.41) is 0. The number of carbonyl (C=O) groups is 3. The van der Waals surface area contributed by atoms with E-state index in [0.717, 1.165) is 0 Å². The van der Waals surface area contributed by atoms with Gasteiger partial charge in [0, 0.05) is 12.5 Å². The van der Waals surface area contributed by atoms with Gasteiger partial charge in [-0.2, -0.15) is 5.48 Å². The third-order valence-corrected chi connectivity index (χ3v) is 2.84. The van der Waals surface area contributed by atoms with Gasteiger partial charge in [-0.15, -0.1) is 0 Å². The fourth-order valence-electron chi connectivity index (χ4n) is 1.74. The van der Waals surface area contributed by atoms with Gasteiger partial charge >= 0.3 is 11.9 Å². The molecule has 2 unspecified atom stereocenters. The molecule has 1 rings (SSSR count). The van der Waals surface area contributed by atoms with Crippen LogP contribution in [0.1, 0.15) is 32.6 Å². The Morgan fingerprint density at radius 2 is 1.68 bits per heavy atom. The topological polar surface area (TPSA) is 108 Å². The van der Waals surface area contributed by atoms with E-state index in [4.69, 9.17) is 10.5 Å². The minimum absolute atomic E-state index is 0.378. The molecule has 0 saturated heterocycles. The zero-order valence-electron chi connectivity index (χ0n) is 12.7. The molecule has 0 aliphatic rings. The lowest BCUT2D eigenvalue weighted by Crippen LogP contribution is -2.37. The highest BCUT2D eigenvalue weighted by Gasteiger charge is 2.34. The molecular formula is C15H20N2O5. The van der Waals surface area contributed by atoms with Crippen LogP contribution >= 0.6 is 0 Å². The smallest absolute Gasteiger partial charge is 0.346 e. The summed E-state index contributed by atoms with van der Waals surface area (Å²) >= 11 is 0. The standard InChI is InChI=1S/C15H20N2O5/c1-9(2)12(15(20)22-17-10(3)18)14(19)21-13(16)11-7-5-4-6-8-11/h4-9,12-13H,16H2,1-3H3,(H,17,18). The molecule has 7 heteroatoms. The number of nitrogens with two attached hydrogens (primary N) is 1. The lowest BCUT2D eigenvalue weighted by Gasteiger charge is -2.20. The summed E-state index contributed by atoms with van der Waals surface area (Å²) in [5.41, 5.74) is 8.29. The normalized spacial score (nSPS) is 13.1. The minimum atomic E-state index is -1.18. The Morgan fingerprint density at radius 3 is 2.18 bits per heavy atom. The summed E-state index contributed by atoms with van der Waals surface area (Å²) in [4.78, 5) is 39.3. The van der Waals surface area contributed by atoms with Gasteiger partial charge in [-0.25, -0.2) is 4.79 Å². The van der Waals surface area contributed by atoms with Gasteiger partial charge in [-0.3, -0.25) is 15.3 Å². The van der Waals surface area contributed by atoms with Gasteiger partial charge in [-0.05, 0) is 5.92 Å². The lowest BCUT2D eigenvalue weighted by molar-refractivity contribution is -0.174. The van der Waals surface area contributed by atoms with Gasteiger partial charge in [0.2, 0.25) is 5.91 Å². The van der Waals surface area contributed by atoms with Crippen molar-refractivity contribution in [2.45, 2.75) is 27.0 Å². The fraction of sp³-hybridized carbons (Fsp3) is 0.400. The van der Waals surface area contributed by atoms with E-state index < -0.39 is 30.0 Å². The number of benzene rings is 1. The Balaban J connectivity index is 2.73. The van der Waals surface area contributed by atoms with Crippen molar-refractivity contribution in [3.05, 3.63) is 35.9 Å². The highest BCUT2D eigenvalue weighted by Crippen LogP contribution is 2.19. The van der Waals surface area contributed by atoms with E-state index in [9.17, 15) is 14.4 Å². The molecule has 2 atom stereocenters. The Labute approximate surface area is 128 Å². The predicted molar refractivity (Wildman–Crippen MR) is 77.7 cm³/mol. The molecule has 1 aromatic rings. The number of amides is 1. The first kappa shape index (κ1) is 17.6. The molecule has 3 N–H and O–H groups in total. The van der Waals surface area contributed by atoms with Gasteiger partial charge in [0.05, 0.1) is 0 Å². The minimum Gasteiger partial charge on any atom is -0.442 e. The molecule has 0 aromatic heterocycles. The summed E-state index contributed by atoms with van der Waals surface area (Å²) in [5.74, 6) is -3.80. The Bertz CT molecular complexity index is 530. The van der Waals surface area contributed by atoms with Gasteiger partial charge in [0.25, 0.3) is 0 Å². The number of hydrogen-bond acceptors (Lipinski definition) is 6. The van der Waals surface area contributed by atoms with E-state index in [2.05, 4.69) is 4.84 Å².